The summed E-state index contributed by atoms with van der Waals surface area (Å²) in [6.07, 6.45) is 3.83. The van der Waals surface area contributed by atoms with Gasteiger partial charge < -0.3 is 15.0 Å². The third-order valence-electron chi connectivity index (χ3n) is 4.52. The minimum Gasteiger partial charge on any atom is -0.442 e. The molecule has 0 aromatic heterocycles. The van der Waals surface area contributed by atoms with Crippen LogP contribution < -0.4 is 15.1 Å². The van der Waals surface area contributed by atoms with E-state index in [1.165, 1.54) is 11.0 Å². The largest absolute Gasteiger partial charge is 0.442 e. The van der Waals surface area contributed by atoms with E-state index < -0.39 is 18.0 Å². The van der Waals surface area contributed by atoms with E-state index in [0.29, 0.717) is 24.5 Å². The average Bonchev–Trinajstić information content (AvgIpc) is 3.02. The first-order chi connectivity index (χ1) is 12.6. The molecular formula is C18H18FN5O2. The third kappa shape index (κ3) is 3.70. The number of amides is 1. The molecule has 134 valence electrons. The Labute approximate surface area is 151 Å². The lowest BCUT2D eigenvalue weighted by atomic mass is 10.0. The van der Waals surface area contributed by atoms with Gasteiger partial charge in [0.05, 0.1) is 31.0 Å². The van der Waals surface area contributed by atoms with Crippen molar-refractivity contribution >= 4 is 17.5 Å². The SMILES string of the molecule is [C-]#[N+]C=C1CCN(c2ccc(N3C[C@H](CNC#N)OC3=O)cc2F)CC1. The van der Waals surface area contributed by atoms with Gasteiger partial charge in [-0.25, -0.2) is 14.0 Å². The number of hydrogen-bond donors (Lipinski definition) is 1. The molecule has 0 spiro atoms. The van der Waals surface area contributed by atoms with Crippen molar-refractivity contribution in [2.24, 2.45) is 0 Å². The highest BCUT2D eigenvalue weighted by atomic mass is 19.1. The molecule has 2 aliphatic heterocycles. The number of anilines is 2. The monoisotopic (exact) mass is 355 g/mol. The maximum absolute atomic E-state index is 14.6. The summed E-state index contributed by atoms with van der Waals surface area (Å²) >= 11 is 0. The summed E-state index contributed by atoms with van der Waals surface area (Å²) in [7, 11) is 0. The molecule has 0 unspecified atom stereocenters. The first-order valence-electron chi connectivity index (χ1n) is 8.31. The van der Waals surface area contributed by atoms with E-state index in [2.05, 4.69) is 10.2 Å². The van der Waals surface area contributed by atoms with Gasteiger partial charge in [0.2, 0.25) is 0 Å². The molecule has 8 heteroatoms. The Morgan fingerprint density at radius 1 is 1.46 bits per heavy atom. The highest BCUT2D eigenvalue weighted by molar-refractivity contribution is 5.90. The van der Waals surface area contributed by atoms with E-state index in [1.807, 2.05) is 4.90 Å². The normalized spacial score (nSPS) is 19.6. The van der Waals surface area contributed by atoms with E-state index >= 15 is 0 Å². The number of benzene rings is 1. The Morgan fingerprint density at radius 3 is 2.88 bits per heavy atom. The number of nitrogens with zero attached hydrogens (tertiary/aromatic N) is 4. The van der Waals surface area contributed by atoms with Gasteiger partial charge >= 0.3 is 6.09 Å². The van der Waals surface area contributed by atoms with Crippen molar-refractivity contribution < 1.29 is 13.9 Å². The van der Waals surface area contributed by atoms with Crippen molar-refractivity contribution in [3.05, 3.63) is 47.2 Å². The lowest BCUT2D eigenvalue weighted by molar-refractivity contribution is 0.142. The fourth-order valence-electron chi connectivity index (χ4n) is 3.17. The van der Waals surface area contributed by atoms with Crippen LogP contribution in [0.2, 0.25) is 0 Å². The van der Waals surface area contributed by atoms with Crippen LogP contribution >= 0.6 is 0 Å². The number of carbonyl (C=O) groups excluding carboxylic acids is 1. The van der Waals surface area contributed by atoms with Crippen LogP contribution in [0.3, 0.4) is 0 Å². The second-order valence-electron chi connectivity index (χ2n) is 6.15. The van der Waals surface area contributed by atoms with Crippen LogP contribution in [0.5, 0.6) is 0 Å². The predicted molar refractivity (Wildman–Crippen MR) is 93.8 cm³/mol. The summed E-state index contributed by atoms with van der Waals surface area (Å²) in [6, 6.07) is 4.70. The Morgan fingerprint density at radius 2 is 2.23 bits per heavy atom. The fraction of sp³-hybridized carbons (Fsp3) is 0.389. The van der Waals surface area contributed by atoms with E-state index in [-0.39, 0.29) is 13.1 Å². The zero-order valence-corrected chi connectivity index (χ0v) is 14.1. The fourth-order valence-corrected chi connectivity index (χ4v) is 3.17. The molecule has 26 heavy (non-hydrogen) atoms. The van der Waals surface area contributed by atoms with Crippen LogP contribution in [-0.2, 0) is 4.74 Å². The molecule has 1 aromatic rings. The van der Waals surface area contributed by atoms with Crippen LogP contribution in [0.25, 0.3) is 4.85 Å². The zero-order valence-electron chi connectivity index (χ0n) is 14.1. The second-order valence-corrected chi connectivity index (χ2v) is 6.15. The minimum atomic E-state index is -0.547. The Kier molecular flexibility index (Phi) is 5.23. The van der Waals surface area contributed by atoms with Gasteiger partial charge in [-0.1, -0.05) is 5.57 Å². The van der Waals surface area contributed by atoms with Crippen molar-refractivity contribution in [1.82, 2.24) is 5.32 Å². The summed E-state index contributed by atoms with van der Waals surface area (Å²) < 4.78 is 19.8. The van der Waals surface area contributed by atoms with Gasteiger partial charge in [-0.2, -0.15) is 5.26 Å². The van der Waals surface area contributed by atoms with E-state index in [9.17, 15) is 9.18 Å². The van der Waals surface area contributed by atoms with Crippen LogP contribution in [0, 0.1) is 23.8 Å². The number of halogens is 1. The number of piperidine rings is 1. The van der Waals surface area contributed by atoms with Gasteiger partial charge in [-0.3, -0.25) is 4.90 Å². The van der Waals surface area contributed by atoms with Crippen molar-refractivity contribution in [2.75, 3.05) is 36.0 Å². The van der Waals surface area contributed by atoms with Gasteiger partial charge in [0.1, 0.15) is 11.9 Å². The van der Waals surface area contributed by atoms with E-state index in [0.717, 1.165) is 18.4 Å². The van der Waals surface area contributed by atoms with E-state index in [4.69, 9.17) is 16.6 Å². The number of hydrogen-bond acceptors (Lipinski definition) is 5. The average molecular weight is 355 g/mol. The topological polar surface area (TPSA) is 73.0 Å². The van der Waals surface area contributed by atoms with Crippen LogP contribution in [-0.4, -0.2) is 38.4 Å². The molecule has 2 aliphatic rings. The second kappa shape index (κ2) is 7.75. The molecule has 2 heterocycles. The molecule has 0 radical (unpaired) electrons. The Hall–Kier alpha value is -3.26. The molecule has 1 aromatic carbocycles. The summed E-state index contributed by atoms with van der Waals surface area (Å²) in [5, 5.41) is 11.0. The molecular weight excluding hydrogens is 337 g/mol. The number of nitrogens with one attached hydrogen (secondary N) is 1. The molecule has 1 amide bonds. The number of ether oxygens (including phenoxy) is 1. The van der Waals surface area contributed by atoms with Crippen LogP contribution in [0.1, 0.15) is 12.8 Å². The van der Waals surface area contributed by atoms with Gasteiger partial charge in [0, 0.05) is 13.1 Å². The molecule has 2 saturated heterocycles. The van der Waals surface area contributed by atoms with Gasteiger partial charge in [0.15, 0.2) is 12.4 Å². The standard InChI is InChI=1S/C18H18FN5O2/c1-21-9-13-4-6-23(7-5-13)17-3-2-14(8-16(17)19)24-11-15(10-22-12-20)26-18(24)25/h2-3,8-9,15,22H,4-7,10-11H2/t15-/m0/s1. The molecule has 0 saturated carbocycles. The summed E-state index contributed by atoms with van der Waals surface area (Å²) in [6.45, 7) is 8.68. The van der Waals surface area contributed by atoms with Crippen molar-refractivity contribution in [1.29, 1.82) is 5.26 Å². The molecule has 2 fully saturated rings. The Balaban J connectivity index is 1.69. The number of carbonyl (C=O) groups is 1. The molecule has 3 rings (SSSR count). The van der Waals surface area contributed by atoms with Crippen molar-refractivity contribution in [3.63, 3.8) is 0 Å². The first kappa shape index (κ1) is 17.6. The summed E-state index contributed by atoms with van der Waals surface area (Å²) in [5.74, 6) is -0.397. The minimum absolute atomic E-state index is 0.230. The van der Waals surface area contributed by atoms with Gasteiger partial charge in [-0.15, -0.1) is 0 Å². The molecule has 0 aliphatic carbocycles. The predicted octanol–water partition coefficient (Wildman–Crippen LogP) is 2.62. The smallest absolute Gasteiger partial charge is 0.414 e. The van der Waals surface area contributed by atoms with Crippen LogP contribution in [0.15, 0.2) is 30.0 Å². The lowest BCUT2D eigenvalue weighted by Gasteiger charge is -2.31. The highest BCUT2D eigenvalue weighted by Gasteiger charge is 2.32. The molecule has 1 N–H and O–H groups in total. The number of rotatable bonds is 4. The maximum Gasteiger partial charge on any atom is 0.414 e. The molecule has 7 nitrogen and oxygen atoms in total. The third-order valence-corrected chi connectivity index (χ3v) is 4.52. The van der Waals surface area contributed by atoms with E-state index in [1.54, 1.807) is 24.5 Å². The van der Waals surface area contributed by atoms with Crippen molar-refractivity contribution in [2.45, 2.75) is 18.9 Å². The van der Waals surface area contributed by atoms with Crippen molar-refractivity contribution in [3.8, 4) is 6.19 Å². The number of cyclic esters (lactones) is 1. The molecule has 0 bridgehead atoms. The first-order valence-corrected chi connectivity index (χ1v) is 8.31. The quantitative estimate of drug-likeness (QED) is 0.511. The summed E-state index contributed by atoms with van der Waals surface area (Å²) in [4.78, 5) is 18.6. The number of nitriles is 1. The highest BCUT2D eigenvalue weighted by Crippen LogP contribution is 2.30. The molecule has 1 atom stereocenters. The van der Waals surface area contributed by atoms with Gasteiger partial charge in [0.25, 0.3) is 0 Å². The lowest BCUT2D eigenvalue weighted by Crippen LogP contribution is -2.31. The zero-order chi connectivity index (χ0) is 18.5. The van der Waals surface area contributed by atoms with Crippen LogP contribution in [0.4, 0.5) is 20.6 Å². The van der Waals surface area contributed by atoms with Gasteiger partial charge in [-0.05, 0) is 31.0 Å². The Bertz CT molecular complexity index is 801. The summed E-state index contributed by atoms with van der Waals surface area (Å²) in [5.41, 5.74) is 2.01. The maximum atomic E-state index is 14.6.